The smallest absolute Gasteiger partial charge is 0.227 e. The van der Waals surface area contributed by atoms with Gasteiger partial charge in [-0.05, 0) is 47.9 Å². The predicted octanol–water partition coefficient (Wildman–Crippen LogP) is 7.65. The van der Waals surface area contributed by atoms with Crippen LogP contribution in [0.5, 0.6) is 0 Å². The number of rotatable bonds is 6. The van der Waals surface area contributed by atoms with Crippen molar-refractivity contribution in [3.8, 4) is 28.5 Å². The molecule has 0 aliphatic heterocycles. The van der Waals surface area contributed by atoms with Gasteiger partial charge in [0.15, 0.2) is 5.82 Å². The minimum Gasteiger partial charge on any atom is -0.295 e. The molecular weight excluding hydrogens is 465 g/mol. The van der Waals surface area contributed by atoms with Crippen molar-refractivity contribution in [3.63, 3.8) is 0 Å². The molecular formula is C25H22Cl3N3O. The number of carbonyl (C=O) groups is 1. The van der Waals surface area contributed by atoms with Gasteiger partial charge in [0.1, 0.15) is 6.07 Å². The van der Waals surface area contributed by atoms with E-state index in [1.54, 1.807) is 48.2 Å². The van der Waals surface area contributed by atoms with Crippen LogP contribution in [0.1, 0.15) is 32.8 Å². The van der Waals surface area contributed by atoms with E-state index >= 15 is 0 Å². The van der Waals surface area contributed by atoms with E-state index in [2.05, 4.69) is 6.07 Å². The second-order valence-corrected chi connectivity index (χ2v) is 9.03. The summed E-state index contributed by atoms with van der Waals surface area (Å²) in [5, 5.41) is 11.5. The maximum absolute atomic E-state index is 12.8. The van der Waals surface area contributed by atoms with Gasteiger partial charge in [0.2, 0.25) is 5.91 Å². The summed E-state index contributed by atoms with van der Waals surface area (Å²) in [6, 6.07) is 16.4. The van der Waals surface area contributed by atoms with Crippen LogP contribution in [0.2, 0.25) is 15.1 Å². The Morgan fingerprint density at radius 3 is 2.25 bits per heavy atom. The fraction of sp³-hybridized carbons (Fsp3) is 0.240. The molecule has 1 aromatic heterocycles. The maximum Gasteiger partial charge on any atom is 0.227 e. The van der Waals surface area contributed by atoms with Crippen molar-refractivity contribution in [2.75, 3.05) is 11.4 Å². The van der Waals surface area contributed by atoms with Crippen LogP contribution in [0.3, 0.4) is 0 Å². The van der Waals surface area contributed by atoms with Gasteiger partial charge < -0.3 is 0 Å². The lowest BCUT2D eigenvalue weighted by molar-refractivity contribution is -0.118. The zero-order chi connectivity index (χ0) is 23.4. The maximum atomic E-state index is 12.8. The number of amides is 1. The fourth-order valence-corrected chi connectivity index (χ4v) is 4.01. The summed E-state index contributed by atoms with van der Waals surface area (Å²) in [7, 11) is 0. The van der Waals surface area contributed by atoms with Crippen LogP contribution in [0.25, 0.3) is 22.4 Å². The van der Waals surface area contributed by atoms with Crippen molar-refractivity contribution >= 4 is 46.5 Å². The van der Waals surface area contributed by atoms with E-state index in [1.165, 1.54) is 0 Å². The molecule has 1 amide bonds. The van der Waals surface area contributed by atoms with Gasteiger partial charge in [0.25, 0.3) is 0 Å². The Morgan fingerprint density at radius 2 is 1.69 bits per heavy atom. The first kappa shape index (κ1) is 24.1. The van der Waals surface area contributed by atoms with E-state index in [0.29, 0.717) is 56.2 Å². The van der Waals surface area contributed by atoms with E-state index < -0.39 is 0 Å². The van der Waals surface area contributed by atoms with Gasteiger partial charge in [-0.25, -0.2) is 4.98 Å². The van der Waals surface area contributed by atoms with Crippen LogP contribution in [0.4, 0.5) is 5.82 Å². The lowest BCUT2D eigenvalue weighted by Crippen LogP contribution is -2.35. The van der Waals surface area contributed by atoms with Crippen LogP contribution in [0, 0.1) is 17.2 Å². The van der Waals surface area contributed by atoms with Crippen molar-refractivity contribution in [1.29, 1.82) is 5.26 Å². The van der Waals surface area contributed by atoms with Gasteiger partial charge in [0, 0.05) is 34.1 Å². The number of nitriles is 1. The van der Waals surface area contributed by atoms with Crippen LogP contribution >= 0.6 is 34.8 Å². The van der Waals surface area contributed by atoms with E-state index in [1.807, 2.05) is 26.0 Å². The highest BCUT2D eigenvalue weighted by molar-refractivity contribution is 6.36. The number of halogens is 3. The Morgan fingerprint density at radius 1 is 1.03 bits per heavy atom. The number of hydrogen-bond donors (Lipinski definition) is 0. The summed E-state index contributed by atoms with van der Waals surface area (Å²) in [6.07, 6.45) is 0.301. The summed E-state index contributed by atoms with van der Waals surface area (Å²) < 4.78 is 0. The Kier molecular flexibility index (Phi) is 7.79. The summed E-state index contributed by atoms with van der Waals surface area (Å²) in [4.78, 5) is 19.2. The van der Waals surface area contributed by atoms with Crippen molar-refractivity contribution in [2.45, 2.75) is 27.2 Å². The van der Waals surface area contributed by atoms with Crippen molar-refractivity contribution in [2.24, 2.45) is 5.92 Å². The lowest BCUT2D eigenvalue weighted by atomic mass is 9.97. The highest BCUT2D eigenvalue weighted by Crippen LogP contribution is 2.39. The Labute approximate surface area is 203 Å². The first-order valence-electron chi connectivity index (χ1n) is 10.2. The molecule has 0 radical (unpaired) electrons. The second-order valence-electron chi connectivity index (χ2n) is 7.75. The quantitative estimate of drug-likeness (QED) is 0.359. The first-order valence-corrected chi connectivity index (χ1v) is 11.3. The number of pyridine rings is 1. The highest BCUT2D eigenvalue weighted by Gasteiger charge is 2.24. The van der Waals surface area contributed by atoms with Crippen molar-refractivity contribution in [3.05, 3.63) is 69.2 Å². The molecule has 1 heterocycles. The molecule has 0 aliphatic carbocycles. The molecule has 0 spiro atoms. The van der Waals surface area contributed by atoms with Crippen LogP contribution in [-0.2, 0) is 4.79 Å². The molecule has 3 aromatic rings. The van der Waals surface area contributed by atoms with Crippen LogP contribution in [-0.4, -0.2) is 17.4 Å². The third-order valence-corrected chi connectivity index (χ3v) is 5.67. The zero-order valence-corrected chi connectivity index (χ0v) is 20.3. The third kappa shape index (κ3) is 5.24. The standard InChI is InChI=1S/C25H22Cl3N3O/c1-4-23(32)31(14-15(2)3)25-17(13-29)11-21(16-5-7-18(26)8-6-16)24(30-25)20-10-9-19(27)12-22(20)28/h5-12,15H,4,14H2,1-3H3. The Hall–Kier alpha value is -2.58. The number of anilines is 1. The number of benzene rings is 2. The zero-order valence-electron chi connectivity index (χ0n) is 18.0. The van der Waals surface area contributed by atoms with Gasteiger partial charge in [-0.1, -0.05) is 67.7 Å². The highest BCUT2D eigenvalue weighted by atomic mass is 35.5. The number of hydrogen-bond acceptors (Lipinski definition) is 3. The van der Waals surface area contributed by atoms with Crippen LogP contribution in [0.15, 0.2) is 48.5 Å². The molecule has 0 bridgehead atoms. The lowest BCUT2D eigenvalue weighted by Gasteiger charge is -2.26. The molecule has 0 saturated heterocycles. The normalized spacial score (nSPS) is 10.8. The number of carbonyl (C=O) groups excluding carboxylic acids is 1. The monoisotopic (exact) mass is 485 g/mol. The average molecular weight is 487 g/mol. The first-order chi connectivity index (χ1) is 15.2. The number of aromatic nitrogens is 1. The Bertz CT molecular complexity index is 1180. The molecule has 0 atom stereocenters. The molecule has 164 valence electrons. The van der Waals surface area contributed by atoms with Gasteiger partial charge in [-0.15, -0.1) is 0 Å². The van der Waals surface area contributed by atoms with Gasteiger partial charge >= 0.3 is 0 Å². The fourth-order valence-electron chi connectivity index (χ4n) is 3.39. The van der Waals surface area contributed by atoms with E-state index in [0.717, 1.165) is 5.56 Å². The summed E-state index contributed by atoms with van der Waals surface area (Å²) >= 11 is 18.7. The third-order valence-electron chi connectivity index (χ3n) is 4.87. The average Bonchev–Trinajstić information content (AvgIpc) is 2.77. The van der Waals surface area contributed by atoms with E-state index in [9.17, 15) is 10.1 Å². The van der Waals surface area contributed by atoms with Gasteiger partial charge in [-0.3, -0.25) is 9.69 Å². The topological polar surface area (TPSA) is 57.0 Å². The molecule has 0 fully saturated rings. The second kappa shape index (κ2) is 10.4. The van der Waals surface area contributed by atoms with Gasteiger partial charge in [-0.2, -0.15) is 5.26 Å². The van der Waals surface area contributed by atoms with E-state index in [4.69, 9.17) is 39.8 Å². The van der Waals surface area contributed by atoms with Gasteiger partial charge in [0.05, 0.1) is 16.3 Å². The molecule has 0 N–H and O–H groups in total. The molecule has 0 saturated carbocycles. The Balaban J connectivity index is 2.34. The van der Waals surface area contributed by atoms with Crippen molar-refractivity contribution in [1.82, 2.24) is 4.98 Å². The molecule has 4 nitrogen and oxygen atoms in total. The largest absolute Gasteiger partial charge is 0.295 e. The molecule has 7 heteroatoms. The minimum absolute atomic E-state index is 0.102. The minimum atomic E-state index is -0.102. The summed E-state index contributed by atoms with van der Waals surface area (Å²) in [5.74, 6) is 0.416. The van der Waals surface area contributed by atoms with Crippen molar-refractivity contribution < 1.29 is 4.79 Å². The summed E-state index contributed by atoms with van der Waals surface area (Å²) in [6.45, 7) is 6.27. The molecule has 2 aromatic carbocycles. The number of nitrogens with zero attached hydrogens (tertiary/aromatic N) is 3. The molecule has 0 unspecified atom stereocenters. The van der Waals surface area contributed by atoms with Crippen LogP contribution < -0.4 is 4.90 Å². The molecule has 32 heavy (non-hydrogen) atoms. The molecule has 3 rings (SSSR count). The predicted molar refractivity (Wildman–Crippen MR) is 132 cm³/mol. The van der Waals surface area contributed by atoms with E-state index in [-0.39, 0.29) is 11.8 Å². The molecule has 0 aliphatic rings. The SMILES string of the molecule is CCC(=O)N(CC(C)C)c1nc(-c2ccc(Cl)cc2Cl)c(-c2ccc(Cl)cc2)cc1C#N. The summed E-state index contributed by atoms with van der Waals surface area (Å²) in [5.41, 5.74) is 3.05.